The van der Waals surface area contributed by atoms with Gasteiger partial charge in [-0.15, -0.1) is 0 Å². The molecule has 1 aliphatic heterocycles. The zero-order chi connectivity index (χ0) is 20.7. The highest BCUT2D eigenvalue weighted by Crippen LogP contribution is 2.39. The molecule has 0 aliphatic carbocycles. The first-order valence-corrected chi connectivity index (χ1v) is 10.0. The molecule has 2 atom stereocenters. The van der Waals surface area contributed by atoms with Gasteiger partial charge in [-0.1, -0.05) is 35.1 Å². The van der Waals surface area contributed by atoms with Crippen LogP contribution in [0.4, 0.5) is 9.52 Å². The molecule has 3 aromatic rings. The fourth-order valence-electron chi connectivity index (χ4n) is 3.63. The molecule has 1 N–H and O–H groups in total. The lowest BCUT2D eigenvalue weighted by Crippen LogP contribution is -2.30. The summed E-state index contributed by atoms with van der Waals surface area (Å²) in [4.78, 5) is 31.2. The largest absolute Gasteiger partial charge is 0.494 e. The molecule has 1 saturated heterocycles. The van der Waals surface area contributed by atoms with Gasteiger partial charge in [0.25, 0.3) is 0 Å². The van der Waals surface area contributed by atoms with Gasteiger partial charge in [0.15, 0.2) is 5.13 Å². The lowest BCUT2D eigenvalue weighted by atomic mass is 9.93. The topological polar surface area (TPSA) is 71.5 Å². The molecule has 1 aromatic heterocycles. The molecule has 2 amide bonds. The first-order valence-electron chi connectivity index (χ1n) is 8.83. The lowest BCUT2D eigenvalue weighted by Gasteiger charge is -2.24. The van der Waals surface area contributed by atoms with Crippen LogP contribution in [0.5, 0.6) is 5.75 Å². The number of nitrogens with one attached hydrogen (secondary N) is 1. The molecule has 29 heavy (non-hydrogen) atoms. The maximum Gasteiger partial charge on any atom is 0.232 e. The highest BCUT2D eigenvalue weighted by atomic mass is 35.5. The highest BCUT2D eigenvalue weighted by molar-refractivity contribution is 7.22. The second-order valence-corrected chi connectivity index (χ2v) is 8.25. The van der Waals surface area contributed by atoms with Gasteiger partial charge in [0, 0.05) is 24.6 Å². The molecule has 2 unspecified atom stereocenters. The number of carbonyl (C=O) groups is 2. The standard InChI is InChI=1S/C20H17ClFN3O3S/c1-25-16(26)9-13(18(25)10-4-3-5-11(21)6-10)19(27)24-20-23-17-14(28-2)7-12(22)8-15(17)29-20/h3-8,13,18H,9H2,1-2H3,(H,23,24,27). The minimum Gasteiger partial charge on any atom is -0.494 e. The van der Waals surface area contributed by atoms with Crippen molar-refractivity contribution in [2.45, 2.75) is 12.5 Å². The second kappa shape index (κ2) is 7.61. The Kier molecular flexibility index (Phi) is 5.14. The molecule has 150 valence electrons. The Morgan fingerprint density at radius 3 is 2.90 bits per heavy atom. The quantitative estimate of drug-likeness (QED) is 0.667. The number of likely N-dealkylation sites (tertiary alicyclic amines) is 1. The number of ether oxygens (including phenoxy) is 1. The molecule has 1 fully saturated rings. The number of fused-ring (bicyclic) bond motifs is 1. The van der Waals surface area contributed by atoms with Crippen LogP contribution in [0.25, 0.3) is 10.2 Å². The van der Waals surface area contributed by atoms with Crippen molar-refractivity contribution in [1.29, 1.82) is 0 Å². The van der Waals surface area contributed by atoms with Crippen molar-refractivity contribution < 1.29 is 18.7 Å². The van der Waals surface area contributed by atoms with Crippen molar-refractivity contribution in [1.82, 2.24) is 9.88 Å². The number of aromatic nitrogens is 1. The fraction of sp³-hybridized carbons (Fsp3) is 0.250. The van der Waals surface area contributed by atoms with E-state index in [1.54, 1.807) is 30.1 Å². The van der Waals surface area contributed by atoms with Gasteiger partial charge in [-0.3, -0.25) is 9.59 Å². The number of nitrogens with zero attached hydrogens (tertiary/aromatic N) is 2. The van der Waals surface area contributed by atoms with E-state index in [1.165, 1.54) is 19.2 Å². The monoisotopic (exact) mass is 433 g/mol. The van der Waals surface area contributed by atoms with Gasteiger partial charge < -0.3 is 15.0 Å². The Labute approximate surface area is 175 Å². The molecule has 0 bridgehead atoms. The lowest BCUT2D eigenvalue weighted by molar-refractivity contribution is -0.127. The third-order valence-electron chi connectivity index (χ3n) is 4.99. The molecule has 0 saturated carbocycles. The van der Waals surface area contributed by atoms with Gasteiger partial charge >= 0.3 is 0 Å². The first kappa shape index (κ1) is 19.6. The van der Waals surface area contributed by atoms with E-state index in [1.807, 2.05) is 6.07 Å². The molecular formula is C20H17ClFN3O3S. The summed E-state index contributed by atoms with van der Waals surface area (Å²) in [5.74, 6) is -1.20. The first-order chi connectivity index (χ1) is 13.9. The zero-order valence-electron chi connectivity index (χ0n) is 15.6. The van der Waals surface area contributed by atoms with Gasteiger partial charge in [-0.2, -0.15) is 0 Å². The van der Waals surface area contributed by atoms with Crippen LogP contribution in [0.15, 0.2) is 36.4 Å². The van der Waals surface area contributed by atoms with Crippen LogP contribution < -0.4 is 10.1 Å². The average Bonchev–Trinajstić information content (AvgIpc) is 3.21. The molecular weight excluding hydrogens is 417 g/mol. The fourth-order valence-corrected chi connectivity index (χ4v) is 4.74. The Morgan fingerprint density at radius 1 is 1.38 bits per heavy atom. The van der Waals surface area contributed by atoms with Crippen LogP contribution in [-0.2, 0) is 9.59 Å². The van der Waals surface area contributed by atoms with Crippen molar-refractivity contribution in [3.63, 3.8) is 0 Å². The molecule has 0 spiro atoms. The Balaban J connectivity index is 1.63. The predicted octanol–water partition coefficient (Wildman–Crippen LogP) is 4.26. The molecule has 2 aromatic carbocycles. The number of methoxy groups -OCH3 is 1. The summed E-state index contributed by atoms with van der Waals surface area (Å²) < 4.78 is 19.4. The van der Waals surface area contributed by atoms with Gasteiger partial charge in [-0.25, -0.2) is 9.37 Å². The van der Waals surface area contributed by atoms with Crippen LogP contribution in [0, 0.1) is 11.7 Å². The van der Waals surface area contributed by atoms with Gasteiger partial charge in [0.2, 0.25) is 11.8 Å². The number of hydrogen-bond acceptors (Lipinski definition) is 5. The SMILES string of the molecule is COc1cc(F)cc2sc(NC(=O)C3CC(=O)N(C)C3c3cccc(Cl)c3)nc12. The van der Waals surface area contributed by atoms with E-state index in [0.29, 0.717) is 26.1 Å². The summed E-state index contributed by atoms with van der Waals surface area (Å²) in [6.07, 6.45) is 0.0857. The van der Waals surface area contributed by atoms with E-state index in [0.717, 1.165) is 16.9 Å². The number of anilines is 1. The summed E-state index contributed by atoms with van der Waals surface area (Å²) in [6, 6.07) is 9.29. The van der Waals surface area contributed by atoms with Gasteiger partial charge in [0.05, 0.1) is 23.8 Å². The van der Waals surface area contributed by atoms with Gasteiger partial charge in [-0.05, 0) is 23.8 Å². The van der Waals surface area contributed by atoms with Crippen molar-refractivity contribution in [3.05, 3.63) is 52.8 Å². The van der Waals surface area contributed by atoms with Crippen LogP contribution in [-0.4, -0.2) is 35.9 Å². The van der Waals surface area contributed by atoms with Crippen molar-refractivity contribution in [2.24, 2.45) is 5.92 Å². The molecule has 6 nitrogen and oxygen atoms in total. The van der Waals surface area contributed by atoms with E-state index in [-0.39, 0.29) is 18.2 Å². The van der Waals surface area contributed by atoms with E-state index >= 15 is 0 Å². The van der Waals surface area contributed by atoms with Crippen LogP contribution >= 0.6 is 22.9 Å². The van der Waals surface area contributed by atoms with Gasteiger partial charge in [0.1, 0.15) is 17.1 Å². The third-order valence-corrected chi connectivity index (χ3v) is 6.14. The summed E-state index contributed by atoms with van der Waals surface area (Å²) in [5.41, 5.74) is 1.26. The Hall–Kier alpha value is -2.71. The number of thiazole rings is 1. The number of amides is 2. The summed E-state index contributed by atoms with van der Waals surface area (Å²) in [5, 5.41) is 3.64. The second-order valence-electron chi connectivity index (χ2n) is 6.78. The molecule has 4 rings (SSSR count). The molecule has 9 heteroatoms. The van der Waals surface area contributed by atoms with Crippen LogP contribution in [0.2, 0.25) is 5.02 Å². The molecule has 1 aliphatic rings. The number of carbonyl (C=O) groups excluding carboxylic acids is 2. The van der Waals surface area contributed by atoms with Crippen molar-refractivity contribution >= 4 is 50.1 Å². The zero-order valence-corrected chi connectivity index (χ0v) is 17.2. The molecule has 2 heterocycles. The Morgan fingerprint density at radius 2 is 2.17 bits per heavy atom. The van der Waals surface area contributed by atoms with Crippen LogP contribution in [0.3, 0.4) is 0 Å². The van der Waals surface area contributed by atoms with E-state index in [2.05, 4.69) is 10.3 Å². The van der Waals surface area contributed by atoms with Crippen LogP contribution in [0.1, 0.15) is 18.0 Å². The number of hydrogen-bond donors (Lipinski definition) is 1. The smallest absolute Gasteiger partial charge is 0.232 e. The summed E-state index contributed by atoms with van der Waals surface area (Å²) in [6.45, 7) is 0. The van der Waals surface area contributed by atoms with E-state index in [4.69, 9.17) is 16.3 Å². The maximum atomic E-state index is 13.7. The minimum atomic E-state index is -0.600. The number of rotatable bonds is 4. The van der Waals surface area contributed by atoms with Crippen molar-refractivity contribution in [2.75, 3.05) is 19.5 Å². The number of benzene rings is 2. The predicted molar refractivity (Wildman–Crippen MR) is 110 cm³/mol. The maximum absolute atomic E-state index is 13.7. The summed E-state index contributed by atoms with van der Waals surface area (Å²) in [7, 11) is 3.11. The minimum absolute atomic E-state index is 0.0857. The third kappa shape index (κ3) is 3.65. The highest BCUT2D eigenvalue weighted by Gasteiger charge is 2.43. The average molecular weight is 434 g/mol. The normalized spacial score (nSPS) is 19.0. The molecule has 0 radical (unpaired) electrons. The Bertz CT molecular complexity index is 1120. The van der Waals surface area contributed by atoms with Crippen molar-refractivity contribution in [3.8, 4) is 5.75 Å². The number of halogens is 2. The summed E-state index contributed by atoms with van der Waals surface area (Å²) >= 11 is 7.24. The van der Waals surface area contributed by atoms with E-state index < -0.39 is 17.8 Å². The van der Waals surface area contributed by atoms with E-state index in [9.17, 15) is 14.0 Å².